The van der Waals surface area contributed by atoms with E-state index >= 15 is 0 Å². The van der Waals surface area contributed by atoms with Crippen LogP contribution in [0.5, 0.6) is 0 Å². The summed E-state index contributed by atoms with van der Waals surface area (Å²) in [6.45, 7) is 12.9. The zero-order valence-corrected chi connectivity index (χ0v) is 10.2. The summed E-state index contributed by atoms with van der Waals surface area (Å²) >= 11 is 0. The van der Waals surface area contributed by atoms with Gasteiger partial charge >= 0.3 is 0 Å². The van der Waals surface area contributed by atoms with Crippen LogP contribution in [0.3, 0.4) is 0 Å². The number of nitrogens with one attached hydrogen (secondary N) is 1. The Labute approximate surface area is 89.1 Å². The lowest BCUT2D eigenvalue weighted by Gasteiger charge is -2.39. The Hall–Kier alpha value is -0.0800. The average Bonchev–Trinajstić information content (AvgIpc) is 2.16. The fourth-order valence-corrected chi connectivity index (χ4v) is 2.18. The zero-order chi connectivity index (χ0) is 10.6. The van der Waals surface area contributed by atoms with Crippen molar-refractivity contribution in [3.63, 3.8) is 0 Å². The molecule has 14 heavy (non-hydrogen) atoms. The Balaban J connectivity index is 2.32. The molecule has 0 saturated carbocycles. The first-order chi connectivity index (χ1) is 6.65. The van der Waals surface area contributed by atoms with Crippen LogP contribution in [0.15, 0.2) is 0 Å². The molecule has 3 unspecified atom stereocenters. The summed E-state index contributed by atoms with van der Waals surface area (Å²) in [7, 11) is 0. The van der Waals surface area contributed by atoms with Gasteiger partial charge in [0, 0.05) is 25.2 Å². The number of piperazine rings is 1. The second-order valence-electron chi connectivity index (χ2n) is 4.90. The van der Waals surface area contributed by atoms with Crippen molar-refractivity contribution in [1.29, 1.82) is 0 Å². The number of hydrogen-bond donors (Lipinski definition) is 1. The molecule has 0 amide bonds. The molecule has 1 N–H and O–H groups in total. The predicted molar refractivity (Wildman–Crippen MR) is 62.6 cm³/mol. The zero-order valence-electron chi connectivity index (χ0n) is 10.2. The van der Waals surface area contributed by atoms with Gasteiger partial charge in [-0.3, -0.25) is 4.90 Å². The van der Waals surface area contributed by atoms with E-state index in [4.69, 9.17) is 0 Å². The standard InChI is InChI=1S/C12H26N2/c1-5-10(2)6-7-14-11(3)8-13-9-12(14)4/h10-13H,5-9H2,1-4H3. The molecule has 1 heterocycles. The van der Waals surface area contributed by atoms with Gasteiger partial charge in [0.05, 0.1) is 0 Å². The molecule has 1 rings (SSSR count). The van der Waals surface area contributed by atoms with E-state index in [1.165, 1.54) is 19.4 Å². The molecule has 1 aliphatic heterocycles. The second kappa shape index (κ2) is 5.72. The molecule has 1 saturated heterocycles. The van der Waals surface area contributed by atoms with Crippen LogP contribution >= 0.6 is 0 Å². The molecule has 3 atom stereocenters. The lowest BCUT2D eigenvalue weighted by Crippen LogP contribution is -2.55. The lowest BCUT2D eigenvalue weighted by atomic mass is 10.0. The van der Waals surface area contributed by atoms with Crippen LogP contribution in [-0.4, -0.2) is 36.6 Å². The minimum Gasteiger partial charge on any atom is -0.314 e. The summed E-state index contributed by atoms with van der Waals surface area (Å²) in [5.41, 5.74) is 0. The Bertz CT molecular complexity index is 148. The third-order valence-corrected chi connectivity index (χ3v) is 3.59. The summed E-state index contributed by atoms with van der Waals surface area (Å²) in [5, 5.41) is 3.47. The normalized spacial score (nSPS) is 31.7. The highest BCUT2D eigenvalue weighted by atomic mass is 15.2. The maximum Gasteiger partial charge on any atom is 0.0195 e. The van der Waals surface area contributed by atoms with E-state index in [-0.39, 0.29) is 0 Å². The van der Waals surface area contributed by atoms with Crippen molar-refractivity contribution >= 4 is 0 Å². The molecule has 0 bridgehead atoms. The van der Waals surface area contributed by atoms with Gasteiger partial charge < -0.3 is 5.32 Å². The van der Waals surface area contributed by atoms with Gasteiger partial charge in [-0.05, 0) is 32.7 Å². The fraction of sp³-hybridized carbons (Fsp3) is 1.00. The number of rotatable bonds is 4. The van der Waals surface area contributed by atoms with Gasteiger partial charge in [0.25, 0.3) is 0 Å². The summed E-state index contributed by atoms with van der Waals surface area (Å²) in [5.74, 6) is 0.879. The topological polar surface area (TPSA) is 15.3 Å². The van der Waals surface area contributed by atoms with Gasteiger partial charge in [0.15, 0.2) is 0 Å². The van der Waals surface area contributed by atoms with Gasteiger partial charge in [-0.1, -0.05) is 20.3 Å². The molecule has 2 heteroatoms. The van der Waals surface area contributed by atoms with Crippen LogP contribution < -0.4 is 5.32 Å². The monoisotopic (exact) mass is 198 g/mol. The smallest absolute Gasteiger partial charge is 0.0195 e. The number of hydrogen-bond acceptors (Lipinski definition) is 2. The molecule has 0 aromatic carbocycles. The molecule has 84 valence electrons. The Morgan fingerprint density at radius 1 is 1.29 bits per heavy atom. The van der Waals surface area contributed by atoms with Gasteiger partial charge in [0.1, 0.15) is 0 Å². The molecule has 1 fully saturated rings. The summed E-state index contributed by atoms with van der Waals surface area (Å²) in [6, 6.07) is 1.42. The first kappa shape index (κ1) is 12.0. The van der Waals surface area contributed by atoms with Crippen molar-refractivity contribution in [2.45, 2.75) is 52.6 Å². The molecular weight excluding hydrogens is 172 g/mol. The average molecular weight is 198 g/mol. The van der Waals surface area contributed by atoms with Gasteiger partial charge in [-0.15, -0.1) is 0 Å². The van der Waals surface area contributed by atoms with E-state index in [0.29, 0.717) is 12.1 Å². The molecule has 0 aliphatic carbocycles. The summed E-state index contributed by atoms with van der Waals surface area (Å²) in [6.07, 6.45) is 2.67. The van der Waals surface area contributed by atoms with Crippen LogP contribution in [0.25, 0.3) is 0 Å². The highest BCUT2D eigenvalue weighted by Crippen LogP contribution is 2.14. The third-order valence-electron chi connectivity index (χ3n) is 3.59. The van der Waals surface area contributed by atoms with Crippen molar-refractivity contribution in [2.75, 3.05) is 19.6 Å². The molecular formula is C12H26N2. The molecule has 0 spiro atoms. The van der Waals surface area contributed by atoms with Crippen molar-refractivity contribution in [1.82, 2.24) is 10.2 Å². The van der Waals surface area contributed by atoms with Crippen molar-refractivity contribution in [3.05, 3.63) is 0 Å². The van der Waals surface area contributed by atoms with Gasteiger partial charge in [0.2, 0.25) is 0 Å². The third kappa shape index (κ3) is 3.25. The van der Waals surface area contributed by atoms with Gasteiger partial charge in [-0.25, -0.2) is 0 Å². The molecule has 1 aliphatic rings. The van der Waals surface area contributed by atoms with E-state index in [1.807, 2.05) is 0 Å². The minimum atomic E-state index is 0.711. The van der Waals surface area contributed by atoms with Crippen LogP contribution in [0, 0.1) is 5.92 Å². The first-order valence-corrected chi connectivity index (χ1v) is 6.11. The van der Waals surface area contributed by atoms with Crippen LogP contribution in [0.1, 0.15) is 40.5 Å². The highest BCUT2D eigenvalue weighted by Gasteiger charge is 2.23. The Morgan fingerprint density at radius 2 is 1.86 bits per heavy atom. The van der Waals surface area contributed by atoms with Crippen molar-refractivity contribution in [2.24, 2.45) is 5.92 Å². The van der Waals surface area contributed by atoms with Crippen LogP contribution in [0.4, 0.5) is 0 Å². The van der Waals surface area contributed by atoms with Gasteiger partial charge in [-0.2, -0.15) is 0 Å². The highest BCUT2D eigenvalue weighted by molar-refractivity contribution is 4.82. The van der Waals surface area contributed by atoms with Crippen LogP contribution in [0.2, 0.25) is 0 Å². The largest absolute Gasteiger partial charge is 0.314 e. The minimum absolute atomic E-state index is 0.711. The van der Waals surface area contributed by atoms with E-state index in [1.54, 1.807) is 0 Å². The predicted octanol–water partition coefficient (Wildman–Crippen LogP) is 2.10. The maximum atomic E-state index is 3.47. The number of nitrogens with zero attached hydrogens (tertiary/aromatic N) is 1. The van der Waals surface area contributed by atoms with E-state index in [0.717, 1.165) is 19.0 Å². The maximum absolute atomic E-state index is 3.47. The molecule has 0 radical (unpaired) electrons. The molecule has 2 nitrogen and oxygen atoms in total. The Kier molecular flexibility index (Phi) is 4.90. The Morgan fingerprint density at radius 3 is 2.36 bits per heavy atom. The molecule has 0 aromatic heterocycles. The van der Waals surface area contributed by atoms with E-state index in [2.05, 4.69) is 37.9 Å². The first-order valence-electron chi connectivity index (χ1n) is 6.11. The van der Waals surface area contributed by atoms with Crippen LogP contribution in [-0.2, 0) is 0 Å². The summed E-state index contributed by atoms with van der Waals surface area (Å²) in [4.78, 5) is 2.66. The fourth-order valence-electron chi connectivity index (χ4n) is 2.18. The SMILES string of the molecule is CCC(C)CCN1C(C)CNCC1C. The van der Waals surface area contributed by atoms with Crippen molar-refractivity contribution in [3.8, 4) is 0 Å². The molecule has 0 aromatic rings. The summed E-state index contributed by atoms with van der Waals surface area (Å²) < 4.78 is 0. The second-order valence-corrected chi connectivity index (χ2v) is 4.90. The lowest BCUT2D eigenvalue weighted by molar-refractivity contribution is 0.109. The quantitative estimate of drug-likeness (QED) is 0.744. The van der Waals surface area contributed by atoms with Crippen molar-refractivity contribution < 1.29 is 0 Å². The van der Waals surface area contributed by atoms with E-state index < -0.39 is 0 Å². The van der Waals surface area contributed by atoms with E-state index in [9.17, 15) is 0 Å².